The molecule has 1 amide bonds. The van der Waals surface area contributed by atoms with Gasteiger partial charge in [0.1, 0.15) is 5.76 Å². The van der Waals surface area contributed by atoms with Gasteiger partial charge in [0.2, 0.25) is 5.91 Å². The van der Waals surface area contributed by atoms with Crippen LogP contribution in [0.2, 0.25) is 10.0 Å². The third kappa shape index (κ3) is 5.53. The number of carbonyl (C=O) groups excluding carboxylic acids is 1. The van der Waals surface area contributed by atoms with Crippen LogP contribution in [0.4, 0.5) is 5.82 Å². The maximum atomic E-state index is 12.1. The molecule has 1 heterocycles. The Bertz CT molecular complexity index is 818. The number of amides is 1. The summed E-state index contributed by atoms with van der Waals surface area (Å²) >= 11 is 11.6. The number of halogens is 2. The van der Waals surface area contributed by atoms with Crippen LogP contribution in [-0.4, -0.2) is 25.2 Å². The van der Waals surface area contributed by atoms with E-state index in [2.05, 4.69) is 10.5 Å². The summed E-state index contributed by atoms with van der Waals surface area (Å²) < 4.78 is 28.9. The highest BCUT2D eigenvalue weighted by Gasteiger charge is 2.16. The van der Waals surface area contributed by atoms with E-state index in [1.54, 1.807) is 19.1 Å². The van der Waals surface area contributed by atoms with E-state index in [0.717, 1.165) is 0 Å². The van der Waals surface area contributed by atoms with Crippen molar-refractivity contribution in [2.75, 3.05) is 11.1 Å². The second-order valence-electron chi connectivity index (χ2n) is 4.96. The first kappa shape index (κ1) is 17.8. The van der Waals surface area contributed by atoms with Gasteiger partial charge in [0.25, 0.3) is 0 Å². The Morgan fingerprint density at radius 3 is 2.61 bits per heavy atom. The van der Waals surface area contributed by atoms with Gasteiger partial charge in [-0.2, -0.15) is 0 Å². The molecule has 23 heavy (non-hydrogen) atoms. The molecule has 0 aliphatic heterocycles. The fraction of sp³-hybridized carbons (Fsp3) is 0.286. The summed E-state index contributed by atoms with van der Waals surface area (Å²) in [7, 11) is -3.45. The van der Waals surface area contributed by atoms with Crippen LogP contribution in [0.25, 0.3) is 0 Å². The number of rotatable bonds is 6. The third-order valence-corrected chi connectivity index (χ3v) is 5.24. The summed E-state index contributed by atoms with van der Waals surface area (Å²) in [5, 5.41) is 6.72. The van der Waals surface area contributed by atoms with Gasteiger partial charge in [-0.3, -0.25) is 4.79 Å². The SMILES string of the molecule is Cc1cc(NC(=O)CCS(=O)(=O)Cc2ccc(Cl)c(Cl)c2)no1. The predicted molar refractivity (Wildman–Crippen MR) is 88.4 cm³/mol. The minimum Gasteiger partial charge on any atom is -0.360 e. The predicted octanol–water partition coefficient (Wildman–Crippen LogP) is 3.23. The smallest absolute Gasteiger partial charge is 0.226 e. The van der Waals surface area contributed by atoms with Crippen LogP contribution in [-0.2, 0) is 20.4 Å². The molecule has 124 valence electrons. The van der Waals surface area contributed by atoms with Crippen molar-refractivity contribution in [2.24, 2.45) is 0 Å². The lowest BCUT2D eigenvalue weighted by Gasteiger charge is -2.06. The standard InChI is InChI=1S/C14H14Cl2N2O4S/c1-9-6-13(18-22-9)17-14(19)4-5-23(20,21)8-10-2-3-11(15)12(16)7-10/h2-3,6-7H,4-5,8H2,1H3,(H,17,18,19). The largest absolute Gasteiger partial charge is 0.360 e. The first-order valence-electron chi connectivity index (χ1n) is 6.63. The molecule has 0 fully saturated rings. The number of carbonyl (C=O) groups is 1. The molecule has 6 nitrogen and oxygen atoms in total. The number of nitrogens with one attached hydrogen (secondary N) is 1. The highest BCUT2D eigenvalue weighted by Crippen LogP contribution is 2.23. The summed E-state index contributed by atoms with van der Waals surface area (Å²) in [6.07, 6.45) is -0.171. The molecule has 0 spiro atoms. The number of benzene rings is 1. The van der Waals surface area contributed by atoms with E-state index in [-0.39, 0.29) is 23.7 Å². The first-order chi connectivity index (χ1) is 10.7. The summed E-state index contributed by atoms with van der Waals surface area (Å²) in [6, 6.07) is 6.17. The van der Waals surface area contributed by atoms with Crippen molar-refractivity contribution in [3.05, 3.63) is 45.6 Å². The molecule has 0 bridgehead atoms. The Hall–Kier alpha value is -1.57. The van der Waals surface area contributed by atoms with Gasteiger partial charge in [-0.15, -0.1) is 0 Å². The average Bonchev–Trinajstić information content (AvgIpc) is 2.86. The van der Waals surface area contributed by atoms with E-state index in [9.17, 15) is 13.2 Å². The minimum atomic E-state index is -3.45. The van der Waals surface area contributed by atoms with Crippen LogP contribution in [0.5, 0.6) is 0 Å². The molecule has 9 heteroatoms. The lowest BCUT2D eigenvalue weighted by atomic mass is 10.2. The van der Waals surface area contributed by atoms with Gasteiger partial charge in [0, 0.05) is 12.5 Å². The van der Waals surface area contributed by atoms with Gasteiger partial charge in [0.05, 0.1) is 21.6 Å². The van der Waals surface area contributed by atoms with Crippen LogP contribution >= 0.6 is 23.2 Å². The highest BCUT2D eigenvalue weighted by molar-refractivity contribution is 7.90. The number of hydrogen-bond acceptors (Lipinski definition) is 5. The van der Waals surface area contributed by atoms with E-state index < -0.39 is 15.7 Å². The van der Waals surface area contributed by atoms with Crippen molar-refractivity contribution >= 4 is 44.8 Å². The molecule has 0 aliphatic carbocycles. The van der Waals surface area contributed by atoms with Crippen LogP contribution in [0, 0.1) is 6.92 Å². The monoisotopic (exact) mass is 376 g/mol. The van der Waals surface area contributed by atoms with Gasteiger partial charge >= 0.3 is 0 Å². The van der Waals surface area contributed by atoms with Gasteiger partial charge in [-0.05, 0) is 24.6 Å². The molecule has 0 aliphatic rings. The van der Waals surface area contributed by atoms with Crippen LogP contribution < -0.4 is 5.32 Å². The minimum absolute atomic E-state index is 0.171. The zero-order valence-electron chi connectivity index (χ0n) is 12.2. The van der Waals surface area contributed by atoms with Crippen LogP contribution in [0.1, 0.15) is 17.7 Å². The van der Waals surface area contributed by atoms with Gasteiger partial charge in [-0.1, -0.05) is 34.4 Å². The molecular formula is C14H14Cl2N2O4S. The summed E-state index contributed by atoms with van der Waals surface area (Å²) in [5.41, 5.74) is 0.520. The molecule has 0 saturated heterocycles. The molecule has 2 aromatic rings. The van der Waals surface area contributed by atoms with Crippen molar-refractivity contribution < 1.29 is 17.7 Å². The topological polar surface area (TPSA) is 89.3 Å². The zero-order valence-corrected chi connectivity index (χ0v) is 14.5. The van der Waals surface area contributed by atoms with Gasteiger partial charge in [-0.25, -0.2) is 8.42 Å². The summed E-state index contributed by atoms with van der Waals surface area (Å²) in [4.78, 5) is 11.7. The van der Waals surface area contributed by atoms with Crippen molar-refractivity contribution in [1.29, 1.82) is 0 Å². The van der Waals surface area contributed by atoms with E-state index in [4.69, 9.17) is 27.7 Å². The first-order valence-corrected chi connectivity index (χ1v) is 9.20. The molecule has 2 rings (SSSR count). The van der Waals surface area contributed by atoms with Crippen molar-refractivity contribution in [3.8, 4) is 0 Å². The Morgan fingerprint density at radius 1 is 1.26 bits per heavy atom. The molecule has 0 radical (unpaired) electrons. The van der Waals surface area contributed by atoms with Crippen LogP contribution in [0.3, 0.4) is 0 Å². The molecule has 0 saturated carbocycles. The number of hydrogen-bond donors (Lipinski definition) is 1. The second-order valence-corrected chi connectivity index (χ2v) is 7.96. The van der Waals surface area contributed by atoms with Crippen LogP contribution in [0.15, 0.2) is 28.8 Å². The quantitative estimate of drug-likeness (QED) is 0.835. The zero-order chi connectivity index (χ0) is 17.0. The lowest BCUT2D eigenvalue weighted by Crippen LogP contribution is -2.18. The number of sulfone groups is 1. The molecule has 1 aromatic heterocycles. The number of nitrogens with zero attached hydrogens (tertiary/aromatic N) is 1. The molecule has 0 atom stereocenters. The molecule has 1 aromatic carbocycles. The number of aromatic nitrogens is 1. The van der Waals surface area contributed by atoms with E-state index in [1.807, 2.05) is 0 Å². The van der Waals surface area contributed by atoms with E-state index in [1.165, 1.54) is 12.1 Å². The summed E-state index contributed by atoms with van der Waals surface area (Å²) in [5.74, 6) is -0.131. The third-order valence-electron chi connectivity index (χ3n) is 2.91. The normalized spacial score (nSPS) is 11.4. The maximum Gasteiger partial charge on any atom is 0.226 e. The highest BCUT2D eigenvalue weighted by atomic mass is 35.5. The molecular weight excluding hydrogens is 363 g/mol. The Morgan fingerprint density at radius 2 is 2.00 bits per heavy atom. The Kier molecular flexibility index (Phi) is 5.67. The number of aryl methyl sites for hydroxylation is 1. The van der Waals surface area contributed by atoms with Crippen molar-refractivity contribution in [2.45, 2.75) is 19.1 Å². The summed E-state index contributed by atoms with van der Waals surface area (Å²) in [6.45, 7) is 1.68. The number of anilines is 1. The second kappa shape index (κ2) is 7.33. The van der Waals surface area contributed by atoms with Crippen molar-refractivity contribution in [3.63, 3.8) is 0 Å². The van der Waals surface area contributed by atoms with Crippen molar-refractivity contribution in [1.82, 2.24) is 5.16 Å². The van der Waals surface area contributed by atoms with E-state index in [0.29, 0.717) is 21.4 Å². The fourth-order valence-corrected chi connectivity index (χ4v) is 3.48. The van der Waals surface area contributed by atoms with Gasteiger partial charge < -0.3 is 9.84 Å². The lowest BCUT2D eigenvalue weighted by molar-refractivity contribution is -0.115. The molecule has 1 N–H and O–H groups in total. The van der Waals surface area contributed by atoms with Gasteiger partial charge in [0.15, 0.2) is 15.7 Å². The maximum absolute atomic E-state index is 12.1. The average molecular weight is 377 g/mol. The fourth-order valence-electron chi connectivity index (χ4n) is 1.83. The van der Waals surface area contributed by atoms with E-state index >= 15 is 0 Å². The molecule has 0 unspecified atom stereocenters. The Labute approximate surface area is 143 Å². The Balaban J connectivity index is 1.90.